The highest BCUT2D eigenvalue weighted by Gasteiger charge is 2.65. The molecule has 0 saturated heterocycles. The normalized spacial score (nSPS) is 18.3. The number of urea groups is 1. The Labute approximate surface area is 165 Å². The van der Waals surface area contributed by atoms with E-state index in [0.717, 1.165) is 21.6 Å². The number of halogens is 4. The number of nitrogens with one attached hydrogen (secondary N) is 2. The van der Waals surface area contributed by atoms with E-state index in [1.807, 2.05) is 19.1 Å². The molecule has 0 bridgehead atoms. The Morgan fingerprint density at radius 3 is 2.68 bits per heavy atom. The Hall–Kier alpha value is -2.72. The predicted molar refractivity (Wildman–Crippen MR) is 98.0 cm³/mol. The molecule has 2 amide bonds. The number of carbonyl (C=O) groups is 1. The SMILES string of the molecule is Cc1ccc2nc(NC(=O)N[C@@]3(C(F)(F)F)Oc4ccc(Cl)cc4O3)sc2c1. The molecule has 1 aromatic heterocycles. The van der Waals surface area contributed by atoms with Gasteiger partial charge in [0.2, 0.25) is 0 Å². The first-order chi connectivity index (χ1) is 13.1. The van der Waals surface area contributed by atoms with Crippen LogP contribution in [0.15, 0.2) is 36.4 Å². The van der Waals surface area contributed by atoms with Crippen LogP contribution in [0.4, 0.5) is 23.1 Å². The summed E-state index contributed by atoms with van der Waals surface area (Å²) in [4.78, 5) is 16.4. The van der Waals surface area contributed by atoms with Gasteiger partial charge in [-0.3, -0.25) is 10.6 Å². The maximum absolute atomic E-state index is 13.7. The van der Waals surface area contributed by atoms with Crippen LogP contribution in [0, 0.1) is 6.92 Å². The Balaban J connectivity index is 1.56. The van der Waals surface area contributed by atoms with Crippen LogP contribution in [-0.4, -0.2) is 23.1 Å². The van der Waals surface area contributed by atoms with E-state index in [-0.39, 0.29) is 21.7 Å². The van der Waals surface area contributed by atoms with Crippen molar-refractivity contribution in [3.05, 3.63) is 47.0 Å². The summed E-state index contributed by atoms with van der Waals surface area (Å²) in [7, 11) is 0. The molecule has 2 N–H and O–H groups in total. The molecule has 0 saturated carbocycles. The zero-order valence-corrected chi connectivity index (χ0v) is 15.6. The van der Waals surface area contributed by atoms with Crippen molar-refractivity contribution in [1.82, 2.24) is 10.3 Å². The van der Waals surface area contributed by atoms with E-state index >= 15 is 0 Å². The smallest absolute Gasteiger partial charge is 0.424 e. The Morgan fingerprint density at radius 1 is 1.18 bits per heavy atom. The van der Waals surface area contributed by atoms with Crippen molar-refractivity contribution in [3.8, 4) is 11.5 Å². The van der Waals surface area contributed by atoms with Gasteiger partial charge in [0.15, 0.2) is 16.6 Å². The number of fused-ring (bicyclic) bond motifs is 2. The second kappa shape index (κ2) is 6.42. The van der Waals surface area contributed by atoms with Gasteiger partial charge in [-0.2, -0.15) is 13.2 Å². The van der Waals surface area contributed by atoms with Gasteiger partial charge in [0.05, 0.1) is 10.2 Å². The maximum Gasteiger partial charge on any atom is 0.492 e. The second-order valence-corrected chi connectivity index (χ2v) is 7.45. The first-order valence-electron chi connectivity index (χ1n) is 7.86. The number of thiazole rings is 1. The van der Waals surface area contributed by atoms with Crippen molar-refractivity contribution >= 4 is 44.3 Å². The van der Waals surface area contributed by atoms with Gasteiger partial charge in [0, 0.05) is 11.1 Å². The molecule has 4 rings (SSSR count). The van der Waals surface area contributed by atoms with Crippen LogP contribution in [0.3, 0.4) is 0 Å². The van der Waals surface area contributed by atoms with Gasteiger partial charge in [0.25, 0.3) is 0 Å². The summed E-state index contributed by atoms with van der Waals surface area (Å²) >= 11 is 6.90. The van der Waals surface area contributed by atoms with Crippen LogP contribution in [0.25, 0.3) is 10.2 Å². The van der Waals surface area contributed by atoms with Crippen LogP contribution in [-0.2, 0) is 0 Å². The lowest BCUT2D eigenvalue weighted by atomic mass is 10.2. The van der Waals surface area contributed by atoms with Crippen molar-refractivity contribution in [1.29, 1.82) is 0 Å². The van der Waals surface area contributed by atoms with Crippen molar-refractivity contribution in [2.75, 3.05) is 5.32 Å². The quantitative estimate of drug-likeness (QED) is 0.596. The predicted octanol–water partition coefficient (Wildman–Crippen LogP) is 5.07. The third kappa shape index (κ3) is 3.29. The molecule has 0 unspecified atom stereocenters. The number of aryl methyl sites for hydroxylation is 1. The molecule has 1 aliphatic heterocycles. The minimum Gasteiger partial charge on any atom is -0.424 e. The molecule has 1 atom stereocenters. The highest BCUT2D eigenvalue weighted by atomic mass is 35.5. The summed E-state index contributed by atoms with van der Waals surface area (Å²) in [5.74, 6) is -3.81. The number of rotatable bonds is 2. The highest BCUT2D eigenvalue weighted by molar-refractivity contribution is 7.22. The lowest BCUT2D eigenvalue weighted by Crippen LogP contribution is -2.65. The molecule has 0 radical (unpaired) electrons. The van der Waals surface area contributed by atoms with Gasteiger partial charge < -0.3 is 9.47 Å². The third-order valence-corrected chi connectivity index (χ3v) is 5.00. The standard InChI is InChI=1S/C17H11ClF3N3O3S/c1-8-2-4-10-13(6-8)28-15(22-10)23-14(25)24-17(16(19,20)21)26-11-5-3-9(18)7-12(11)27-17/h2-7H,1H3,(H2,22,23,24,25)/t17-/m0/s1. The Bertz CT molecular complexity index is 1090. The van der Waals surface area contributed by atoms with E-state index in [1.165, 1.54) is 18.2 Å². The number of aromatic nitrogens is 1. The molecular formula is C17H11ClF3N3O3S. The summed E-state index contributed by atoms with van der Waals surface area (Å²) in [5, 5.41) is 4.29. The van der Waals surface area contributed by atoms with Crippen molar-refractivity contribution in [3.63, 3.8) is 0 Å². The summed E-state index contributed by atoms with van der Waals surface area (Å²) in [5.41, 5.74) is 1.61. The molecule has 0 spiro atoms. The lowest BCUT2D eigenvalue weighted by molar-refractivity contribution is -0.317. The number of benzene rings is 2. The van der Waals surface area contributed by atoms with E-state index in [9.17, 15) is 18.0 Å². The van der Waals surface area contributed by atoms with Gasteiger partial charge >= 0.3 is 18.1 Å². The molecule has 0 aliphatic carbocycles. The summed E-state index contributed by atoms with van der Waals surface area (Å²) in [6.07, 6.45) is -5.07. The number of carbonyl (C=O) groups excluding carboxylic acids is 1. The second-order valence-electron chi connectivity index (χ2n) is 5.98. The monoisotopic (exact) mass is 429 g/mol. The number of ether oxygens (including phenoxy) is 2. The zero-order valence-electron chi connectivity index (χ0n) is 14.1. The average Bonchev–Trinajstić information content (AvgIpc) is 3.14. The van der Waals surface area contributed by atoms with E-state index < -0.39 is 18.1 Å². The molecule has 3 aromatic rings. The number of alkyl halides is 3. The first kappa shape index (κ1) is 18.6. The molecule has 146 valence electrons. The Kier molecular flexibility index (Phi) is 4.27. The molecule has 28 heavy (non-hydrogen) atoms. The number of nitrogens with zero attached hydrogens (tertiary/aromatic N) is 1. The Morgan fingerprint density at radius 2 is 1.93 bits per heavy atom. The van der Waals surface area contributed by atoms with Gasteiger partial charge in [-0.25, -0.2) is 9.78 Å². The number of anilines is 1. The van der Waals surface area contributed by atoms with Crippen molar-refractivity contribution < 1.29 is 27.4 Å². The van der Waals surface area contributed by atoms with Crippen LogP contribution in [0.2, 0.25) is 5.02 Å². The summed E-state index contributed by atoms with van der Waals surface area (Å²) in [6.45, 7) is 1.89. The minimum atomic E-state index is -5.07. The number of amides is 2. The first-order valence-corrected chi connectivity index (χ1v) is 9.05. The van der Waals surface area contributed by atoms with E-state index in [1.54, 1.807) is 11.4 Å². The third-order valence-electron chi connectivity index (χ3n) is 3.83. The number of hydrogen-bond acceptors (Lipinski definition) is 5. The molecule has 0 fully saturated rings. The highest BCUT2D eigenvalue weighted by Crippen LogP contribution is 2.46. The van der Waals surface area contributed by atoms with Crippen molar-refractivity contribution in [2.45, 2.75) is 19.0 Å². The fourth-order valence-electron chi connectivity index (χ4n) is 2.58. The van der Waals surface area contributed by atoms with E-state index in [0.29, 0.717) is 5.52 Å². The van der Waals surface area contributed by atoms with E-state index in [2.05, 4.69) is 10.3 Å². The number of hydrogen-bond donors (Lipinski definition) is 2. The van der Waals surface area contributed by atoms with Crippen LogP contribution in [0.5, 0.6) is 11.5 Å². The summed E-state index contributed by atoms with van der Waals surface area (Å²) in [6, 6.07) is 8.00. The van der Waals surface area contributed by atoms with Crippen LogP contribution < -0.4 is 20.1 Å². The zero-order chi connectivity index (χ0) is 20.1. The lowest BCUT2D eigenvalue weighted by Gasteiger charge is -2.29. The van der Waals surface area contributed by atoms with Crippen molar-refractivity contribution in [2.24, 2.45) is 0 Å². The van der Waals surface area contributed by atoms with Gasteiger partial charge in [0.1, 0.15) is 0 Å². The molecule has 1 aliphatic rings. The molecular weight excluding hydrogens is 419 g/mol. The van der Waals surface area contributed by atoms with E-state index in [4.69, 9.17) is 21.1 Å². The summed E-state index contributed by atoms with van der Waals surface area (Å²) < 4.78 is 51.6. The average molecular weight is 430 g/mol. The van der Waals surface area contributed by atoms with Crippen LogP contribution in [0.1, 0.15) is 5.56 Å². The van der Waals surface area contributed by atoms with Gasteiger partial charge in [-0.15, -0.1) is 0 Å². The molecule has 2 aromatic carbocycles. The van der Waals surface area contributed by atoms with Crippen LogP contribution >= 0.6 is 22.9 Å². The minimum absolute atomic E-state index is 0.133. The van der Waals surface area contributed by atoms with Gasteiger partial charge in [-0.1, -0.05) is 29.0 Å². The molecule has 6 nitrogen and oxygen atoms in total. The molecule has 2 heterocycles. The fourth-order valence-corrected chi connectivity index (χ4v) is 3.70. The molecule has 11 heteroatoms. The largest absolute Gasteiger partial charge is 0.492 e. The van der Waals surface area contributed by atoms with Gasteiger partial charge in [-0.05, 0) is 36.8 Å². The fraction of sp³-hybridized carbons (Fsp3) is 0.176. The topological polar surface area (TPSA) is 72.5 Å². The maximum atomic E-state index is 13.7.